The largest absolute Gasteiger partial charge is 0.369 e. The summed E-state index contributed by atoms with van der Waals surface area (Å²) in [7, 11) is 0. The van der Waals surface area contributed by atoms with Gasteiger partial charge in [-0.3, -0.25) is 19.4 Å². The van der Waals surface area contributed by atoms with Gasteiger partial charge in [0.2, 0.25) is 11.8 Å². The van der Waals surface area contributed by atoms with Crippen LogP contribution in [0.4, 0.5) is 10.1 Å². The third-order valence-electron chi connectivity index (χ3n) is 6.77. The molecule has 3 aromatic rings. The van der Waals surface area contributed by atoms with Gasteiger partial charge < -0.3 is 4.90 Å². The number of benzene rings is 3. The Morgan fingerprint density at radius 1 is 0.727 bits per heavy atom. The zero-order valence-electron chi connectivity index (χ0n) is 18.4. The molecule has 3 aromatic carbocycles. The number of anilines is 1. The van der Waals surface area contributed by atoms with Crippen molar-refractivity contribution >= 4 is 17.5 Å². The molecule has 2 amide bonds. The van der Waals surface area contributed by atoms with Gasteiger partial charge in [-0.15, -0.1) is 0 Å². The minimum atomic E-state index is -0.991. The van der Waals surface area contributed by atoms with Crippen molar-refractivity contribution in [1.29, 1.82) is 0 Å². The zero-order chi connectivity index (χ0) is 22.8. The van der Waals surface area contributed by atoms with E-state index in [0.29, 0.717) is 0 Å². The van der Waals surface area contributed by atoms with Crippen LogP contribution >= 0.6 is 0 Å². The highest BCUT2D eigenvalue weighted by molar-refractivity contribution is 6.11. The van der Waals surface area contributed by atoms with Crippen LogP contribution in [0, 0.1) is 5.82 Å². The highest BCUT2D eigenvalue weighted by Crippen LogP contribution is 2.42. The summed E-state index contributed by atoms with van der Waals surface area (Å²) in [6.07, 6.45) is 0.134. The summed E-state index contributed by atoms with van der Waals surface area (Å²) in [5.41, 5.74) is 1.68. The molecule has 6 heteroatoms. The summed E-state index contributed by atoms with van der Waals surface area (Å²) in [6, 6.07) is 25.7. The van der Waals surface area contributed by atoms with Crippen LogP contribution in [0.25, 0.3) is 0 Å². The third kappa shape index (κ3) is 3.91. The van der Waals surface area contributed by atoms with Gasteiger partial charge in [0.25, 0.3) is 0 Å². The summed E-state index contributed by atoms with van der Waals surface area (Å²) >= 11 is 0. The molecule has 2 heterocycles. The van der Waals surface area contributed by atoms with Gasteiger partial charge in [-0.25, -0.2) is 4.39 Å². The predicted molar refractivity (Wildman–Crippen MR) is 125 cm³/mol. The topological polar surface area (TPSA) is 43.9 Å². The number of rotatable bonds is 5. The van der Waals surface area contributed by atoms with Crippen molar-refractivity contribution in [1.82, 2.24) is 9.80 Å². The van der Waals surface area contributed by atoms with Crippen molar-refractivity contribution in [2.45, 2.75) is 11.8 Å². The van der Waals surface area contributed by atoms with E-state index in [0.717, 1.165) is 43.0 Å². The number of imide groups is 1. The van der Waals surface area contributed by atoms with Gasteiger partial charge >= 0.3 is 0 Å². The zero-order valence-corrected chi connectivity index (χ0v) is 18.4. The SMILES string of the molecule is O=C1CC(c2ccccc2)(c2ccccc2)C(=O)N1CN1CCN(c2ccc(F)cc2)CC1. The molecule has 0 radical (unpaired) electrons. The van der Waals surface area contributed by atoms with Gasteiger partial charge in [-0.05, 0) is 35.4 Å². The van der Waals surface area contributed by atoms with Gasteiger partial charge in [-0.1, -0.05) is 60.7 Å². The Kier molecular flexibility index (Phi) is 5.68. The van der Waals surface area contributed by atoms with E-state index in [1.54, 1.807) is 12.1 Å². The van der Waals surface area contributed by atoms with E-state index in [1.165, 1.54) is 17.0 Å². The second kappa shape index (κ2) is 8.79. The van der Waals surface area contributed by atoms with Gasteiger partial charge in [0.1, 0.15) is 11.2 Å². The lowest BCUT2D eigenvalue weighted by Crippen LogP contribution is -2.52. The molecule has 0 aromatic heterocycles. The Bertz CT molecular complexity index is 1090. The Morgan fingerprint density at radius 3 is 1.82 bits per heavy atom. The molecule has 0 unspecified atom stereocenters. The van der Waals surface area contributed by atoms with E-state index < -0.39 is 5.41 Å². The summed E-state index contributed by atoms with van der Waals surface area (Å²) in [4.78, 5) is 32.8. The molecule has 0 atom stereocenters. The second-order valence-corrected chi connectivity index (χ2v) is 8.66. The highest BCUT2D eigenvalue weighted by atomic mass is 19.1. The molecule has 0 aliphatic carbocycles. The third-order valence-corrected chi connectivity index (χ3v) is 6.77. The molecule has 0 spiro atoms. The van der Waals surface area contributed by atoms with Crippen molar-refractivity contribution in [2.24, 2.45) is 0 Å². The predicted octanol–water partition coefficient (Wildman–Crippen LogP) is 3.65. The number of hydrogen-bond donors (Lipinski definition) is 0. The summed E-state index contributed by atoms with van der Waals surface area (Å²) in [5.74, 6) is -0.553. The first-order chi connectivity index (χ1) is 16.1. The molecular formula is C27H26FN3O2. The number of hydrogen-bond acceptors (Lipinski definition) is 4. The Labute approximate surface area is 193 Å². The van der Waals surface area contributed by atoms with Crippen molar-refractivity contribution in [3.63, 3.8) is 0 Å². The van der Waals surface area contributed by atoms with Crippen LogP contribution < -0.4 is 4.90 Å². The van der Waals surface area contributed by atoms with Crippen LogP contribution in [-0.4, -0.2) is 54.5 Å². The lowest BCUT2D eigenvalue weighted by molar-refractivity contribution is -0.142. The monoisotopic (exact) mass is 443 g/mol. The van der Waals surface area contributed by atoms with E-state index >= 15 is 0 Å². The maximum absolute atomic E-state index is 13.9. The van der Waals surface area contributed by atoms with Crippen LogP contribution in [-0.2, 0) is 15.0 Å². The van der Waals surface area contributed by atoms with Crippen LogP contribution in [0.5, 0.6) is 0 Å². The number of halogens is 1. The van der Waals surface area contributed by atoms with Crippen LogP contribution in [0.2, 0.25) is 0 Å². The summed E-state index contributed by atoms with van der Waals surface area (Å²) in [5, 5.41) is 0. The van der Waals surface area contributed by atoms with Gasteiger partial charge in [0.15, 0.2) is 0 Å². The molecule has 2 saturated heterocycles. The van der Waals surface area contributed by atoms with Crippen LogP contribution in [0.1, 0.15) is 17.5 Å². The Morgan fingerprint density at radius 2 is 1.27 bits per heavy atom. The van der Waals surface area contributed by atoms with Crippen molar-refractivity contribution in [3.8, 4) is 0 Å². The number of carbonyl (C=O) groups excluding carboxylic acids is 2. The molecule has 0 N–H and O–H groups in total. The van der Waals surface area contributed by atoms with E-state index in [2.05, 4.69) is 9.80 Å². The fourth-order valence-corrected chi connectivity index (χ4v) is 4.95. The number of piperazine rings is 1. The van der Waals surface area contributed by atoms with Gasteiger partial charge in [0.05, 0.1) is 6.67 Å². The average Bonchev–Trinajstić information content (AvgIpc) is 3.12. The fourth-order valence-electron chi connectivity index (χ4n) is 4.95. The first-order valence-corrected chi connectivity index (χ1v) is 11.3. The second-order valence-electron chi connectivity index (χ2n) is 8.66. The molecule has 33 heavy (non-hydrogen) atoms. The number of amides is 2. The first kappa shape index (κ1) is 21.3. The molecular weight excluding hydrogens is 417 g/mol. The van der Waals surface area contributed by atoms with Gasteiger partial charge in [0, 0.05) is 38.3 Å². The minimum Gasteiger partial charge on any atom is -0.369 e. The lowest BCUT2D eigenvalue weighted by atomic mass is 9.73. The summed E-state index contributed by atoms with van der Waals surface area (Å²) in [6.45, 7) is 3.24. The number of likely N-dealkylation sites (tertiary alicyclic amines) is 1. The van der Waals surface area contributed by atoms with Crippen molar-refractivity contribution in [2.75, 3.05) is 37.7 Å². The quantitative estimate of drug-likeness (QED) is 0.565. The molecule has 2 aliphatic heterocycles. The lowest BCUT2D eigenvalue weighted by Gasteiger charge is -2.37. The van der Waals surface area contributed by atoms with E-state index in [-0.39, 0.29) is 30.7 Å². The van der Waals surface area contributed by atoms with E-state index in [1.807, 2.05) is 60.7 Å². The maximum atomic E-state index is 13.9. The molecule has 2 fully saturated rings. The molecule has 0 bridgehead atoms. The minimum absolute atomic E-state index is 0.134. The number of carbonyl (C=O) groups is 2. The molecule has 168 valence electrons. The van der Waals surface area contributed by atoms with Crippen molar-refractivity contribution < 1.29 is 14.0 Å². The Balaban J connectivity index is 1.34. The smallest absolute Gasteiger partial charge is 0.245 e. The van der Waals surface area contributed by atoms with Crippen LogP contribution in [0.3, 0.4) is 0 Å². The Hall–Kier alpha value is -3.51. The first-order valence-electron chi connectivity index (χ1n) is 11.3. The normalized spacial score (nSPS) is 18.7. The van der Waals surface area contributed by atoms with Gasteiger partial charge in [-0.2, -0.15) is 0 Å². The van der Waals surface area contributed by atoms with E-state index in [4.69, 9.17) is 0 Å². The highest BCUT2D eigenvalue weighted by Gasteiger charge is 2.54. The molecule has 0 saturated carbocycles. The number of nitrogens with zero attached hydrogens (tertiary/aromatic N) is 3. The molecule has 5 nitrogen and oxygen atoms in total. The molecule has 5 rings (SSSR count). The standard InChI is InChI=1S/C27H26FN3O2/c28-23-11-13-24(14-12-23)30-17-15-29(16-18-30)20-31-25(32)19-27(26(31)33,21-7-3-1-4-8-21)22-9-5-2-6-10-22/h1-14H,15-20H2. The fraction of sp³-hybridized carbons (Fsp3) is 0.259. The van der Waals surface area contributed by atoms with E-state index in [9.17, 15) is 14.0 Å². The van der Waals surface area contributed by atoms with Crippen LogP contribution in [0.15, 0.2) is 84.9 Å². The average molecular weight is 444 g/mol. The maximum Gasteiger partial charge on any atom is 0.245 e. The summed E-state index contributed by atoms with van der Waals surface area (Å²) < 4.78 is 13.2. The molecule has 2 aliphatic rings. The van der Waals surface area contributed by atoms with Crippen molar-refractivity contribution in [3.05, 3.63) is 102 Å².